The maximum absolute atomic E-state index is 15.4. The molecule has 0 aliphatic rings. The Morgan fingerprint density at radius 2 is 1.38 bits per heavy atom. The van der Waals surface area contributed by atoms with Gasteiger partial charge in [0.25, 0.3) is 5.91 Å². The lowest BCUT2D eigenvalue weighted by molar-refractivity contribution is -0.138. The molecule has 0 aliphatic carbocycles. The number of carbonyl (C=O) groups is 2. The standard InChI is InChI=1S/C34H23F7N4O2/c35-23-11-12-28-26(17-23)27(19-43-28)32(18-30(42)46,44-14-13-20-5-1-2-10-29(20)44)31(47)45(24-8-3-6-21(15-24)33(36,37)38)25-9-4-7-22(16-25)34(39,40)41/h1-17,19,43H,18H2,(H2,42,46). The highest BCUT2D eigenvalue weighted by Gasteiger charge is 2.49. The number of fused-ring (bicyclic) bond motifs is 2. The highest BCUT2D eigenvalue weighted by Crippen LogP contribution is 2.44. The van der Waals surface area contributed by atoms with E-state index in [1.165, 1.54) is 23.0 Å². The summed E-state index contributed by atoms with van der Waals surface area (Å²) in [7, 11) is 0. The third-order valence-electron chi connectivity index (χ3n) is 7.95. The second kappa shape index (κ2) is 11.3. The van der Waals surface area contributed by atoms with Crippen LogP contribution in [0.3, 0.4) is 0 Å². The van der Waals surface area contributed by atoms with Crippen molar-refractivity contribution in [2.24, 2.45) is 5.73 Å². The summed E-state index contributed by atoms with van der Waals surface area (Å²) < 4.78 is 99.7. The van der Waals surface area contributed by atoms with Gasteiger partial charge in [-0.15, -0.1) is 0 Å². The van der Waals surface area contributed by atoms with E-state index in [9.17, 15) is 35.5 Å². The van der Waals surface area contributed by atoms with Gasteiger partial charge in [-0.05, 0) is 72.1 Å². The molecule has 4 aromatic carbocycles. The predicted octanol–water partition coefficient (Wildman–Crippen LogP) is 8.28. The number of alkyl halides is 6. The van der Waals surface area contributed by atoms with Crippen LogP contribution in [0.5, 0.6) is 0 Å². The fourth-order valence-electron chi connectivity index (χ4n) is 5.92. The van der Waals surface area contributed by atoms with E-state index in [2.05, 4.69) is 4.98 Å². The zero-order chi connectivity index (χ0) is 33.7. The van der Waals surface area contributed by atoms with Gasteiger partial charge in [0.15, 0.2) is 5.54 Å². The minimum absolute atomic E-state index is 0.00102. The van der Waals surface area contributed by atoms with Crippen molar-refractivity contribution >= 4 is 45.0 Å². The Morgan fingerprint density at radius 3 is 1.98 bits per heavy atom. The monoisotopic (exact) mass is 652 g/mol. The fraction of sp³-hybridized carbons (Fsp3) is 0.118. The first-order valence-electron chi connectivity index (χ1n) is 14.0. The first-order valence-corrected chi connectivity index (χ1v) is 14.0. The SMILES string of the molecule is NC(=O)CC(C(=O)N(c1cccc(C(F)(F)F)c1)c1cccc(C(F)(F)F)c1)(c1c[nH]c2ccc(F)cc12)n1ccc2ccccc21. The number of nitrogens with one attached hydrogen (secondary N) is 1. The van der Waals surface area contributed by atoms with Gasteiger partial charge in [-0.25, -0.2) is 4.39 Å². The summed E-state index contributed by atoms with van der Waals surface area (Å²) in [6.45, 7) is 0. The molecular weight excluding hydrogens is 629 g/mol. The smallest absolute Gasteiger partial charge is 0.370 e. The summed E-state index contributed by atoms with van der Waals surface area (Å²) in [5.74, 6) is -2.87. The Morgan fingerprint density at radius 1 is 0.766 bits per heavy atom. The van der Waals surface area contributed by atoms with Crippen LogP contribution in [0.4, 0.5) is 42.1 Å². The number of halogens is 7. The molecule has 2 heterocycles. The molecule has 1 atom stereocenters. The van der Waals surface area contributed by atoms with Crippen LogP contribution in [0.25, 0.3) is 21.8 Å². The van der Waals surface area contributed by atoms with Crippen LogP contribution in [-0.2, 0) is 27.5 Å². The Labute approximate surface area is 261 Å². The molecule has 13 heteroatoms. The van der Waals surface area contributed by atoms with Crippen molar-refractivity contribution in [1.82, 2.24) is 9.55 Å². The Balaban J connectivity index is 1.74. The van der Waals surface area contributed by atoms with Gasteiger partial charge in [-0.2, -0.15) is 26.3 Å². The molecule has 2 aromatic heterocycles. The van der Waals surface area contributed by atoms with E-state index in [-0.39, 0.29) is 10.9 Å². The number of primary amides is 1. The Kier molecular flexibility index (Phi) is 7.57. The number of nitrogens with zero attached hydrogens (tertiary/aromatic N) is 2. The number of rotatable bonds is 7. The molecular formula is C34H23F7N4O2. The lowest BCUT2D eigenvalue weighted by Crippen LogP contribution is -2.52. The van der Waals surface area contributed by atoms with Gasteiger partial charge in [-0.3, -0.25) is 14.5 Å². The third-order valence-corrected chi connectivity index (χ3v) is 7.95. The van der Waals surface area contributed by atoms with Gasteiger partial charge in [0.1, 0.15) is 5.82 Å². The number of aromatic nitrogens is 2. The molecule has 47 heavy (non-hydrogen) atoms. The van der Waals surface area contributed by atoms with E-state index in [1.54, 1.807) is 30.3 Å². The fourth-order valence-corrected chi connectivity index (χ4v) is 5.92. The number of H-pyrrole nitrogens is 1. The Hall–Kier alpha value is -5.59. The van der Waals surface area contributed by atoms with Crippen molar-refractivity contribution in [2.45, 2.75) is 24.3 Å². The van der Waals surface area contributed by atoms with E-state index >= 15 is 4.79 Å². The predicted molar refractivity (Wildman–Crippen MR) is 161 cm³/mol. The minimum Gasteiger partial charge on any atom is -0.370 e. The van der Waals surface area contributed by atoms with Crippen LogP contribution in [0.15, 0.2) is 109 Å². The van der Waals surface area contributed by atoms with Crippen molar-refractivity contribution in [2.75, 3.05) is 4.90 Å². The molecule has 0 spiro atoms. The van der Waals surface area contributed by atoms with Crippen LogP contribution in [0.2, 0.25) is 0 Å². The normalized spacial score (nSPS) is 13.5. The number of amides is 2. The second-order valence-corrected chi connectivity index (χ2v) is 10.9. The van der Waals surface area contributed by atoms with E-state index in [1.807, 2.05) is 0 Å². The van der Waals surface area contributed by atoms with E-state index in [4.69, 9.17) is 5.73 Å². The summed E-state index contributed by atoms with van der Waals surface area (Å²) in [6.07, 6.45) is -7.78. The van der Waals surface area contributed by atoms with Gasteiger partial charge >= 0.3 is 12.4 Å². The first-order chi connectivity index (χ1) is 22.2. The van der Waals surface area contributed by atoms with Crippen LogP contribution in [0.1, 0.15) is 23.1 Å². The summed E-state index contributed by atoms with van der Waals surface area (Å²) in [6, 6.07) is 19.0. The number of carbonyl (C=O) groups excluding carboxylic acids is 2. The lowest BCUT2D eigenvalue weighted by atomic mass is 9.83. The van der Waals surface area contributed by atoms with Crippen molar-refractivity contribution in [3.8, 4) is 0 Å². The number of anilines is 2. The van der Waals surface area contributed by atoms with E-state index in [0.717, 1.165) is 48.5 Å². The summed E-state index contributed by atoms with van der Waals surface area (Å²) in [4.78, 5) is 32.0. The summed E-state index contributed by atoms with van der Waals surface area (Å²) in [5, 5.41) is 0.718. The van der Waals surface area contributed by atoms with Gasteiger partial charge in [0.2, 0.25) is 5.91 Å². The van der Waals surface area contributed by atoms with Crippen LogP contribution >= 0.6 is 0 Å². The third kappa shape index (κ3) is 5.58. The van der Waals surface area contributed by atoms with Crippen molar-refractivity contribution < 1.29 is 40.3 Å². The molecule has 6 nitrogen and oxygen atoms in total. The molecule has 2 amide bonds. The maximum Gasteiger partial charge on any atom is 0.416 e. The summed E-state index contributed by atoms with van der Waals surface area (Å²) >= 11 is 0. The number of para-hydroxylation sites is 1. The lowest BCUT2D eigenvalue weighted by Gasteiger charge is -2.39. The number of hydrogen-bond acceptors (Lipinski definition) is 2. The number of aromatic amines is 1. The average Bonchev–Trinajstić information content (AvgIpc) is 3.64. The Bertz CT molecular complexity index is 2090. The molecule has 6 rings (SSSR count). The number of nitrogens with two attached hydrogens (primary N) is 1. The van der Waals surface area contributed by atoms with E-state index in [0.29, 0.717) is 33.5 Å². The quantitative estimate of drug-likeness (QED) is 0.170. The van der Waals surface area contributed by atoms with Gasteiger partial charge in [0, 0.05) is 45.8 Å². The maximum atomic E-state index is 15.4. The minimum atomic E-state index is -4.88. The second-order valence-electron chi connectivity index (χ2n) is 10.9. The van der Waals surface area contributed by atoms with Crippen LogP contribution in [0, 0.1) is 5.82 Å². The number of benzene rings is 4. The zero-order valence-electron chi connectivity index (χ0n) is 24.0. The summed E-state index contributed by atoms with van der Waals surface area (Å²) in [5.41, 5.74) is 0.974. The van der Waals surface area contributed by atoms with Crippen LogP contribution < -0.4 is 10.6 Å². The molecule has 0 bridgehead atoms. The number of hydrogen-bond donors (Lipinski definition) is 2. The van der Waals surface area contributed by atoms with E-state index < -0.39 is 64.4 Å². The highest BCUT2D eigenvalue weighted by atomic mass is 19.4. The highest BCUT2D eigenvalue weighted by molar-refractivity contribution is 6.11. The molecule has 0 saturated heterocycles. The molecule has 0 saturated carbocycles. The molecule has 0 radical (unpaired) electrons. The van der Waals surface area contributed by atoms with Gasteiger partial charge in [0.05, 0.1) is 17.5 Å². The van der Waals surface area contributed by atoms with Crippen molar-refractivity contribution in [1.29, 1.82) is 0 Å². The first kappa shape index (κ1) is 31.4. The average molecular weight is 653 g/mol. The molecule has 240 valence electrons. The van der Waals surface area contributed by atoms with Gasteiger partial charge in [-0.1, -0.05) is 30.3 Å². The molecule has 0 aliphatic heterocycles. The molecule has 3 N–H and O–H groups in total. The zero-order valence-corrected chi connectivity index (χ0v) is 24.0. The molecule has 0 fully saturated rings. The van der Waals surface area contributed by atoms with Gasteiger partial charge < -0.3 is 15.3 Å². The topological polar surface area (TPSA) is 84.1 Å². The molecule has 6 aromatic rings. The van der Waals surface area contributed by atoms with Crippen LogP contribution in [-0.4, -0.2) is 21.4 Å². The van der Waals surface area contributed by atoms with Crippen molar-refractivity contribution in [3.63, 3.8) is 0 Å². The largest absolute Gasteiger partial charge is 0.416 e. The molecule has 1 unspecified atom stereocenters. The van der Waals surface area contributed by atoms with Crippen molar-refractivity contribution in [3.05, 3.63) is 132 Å².